The molecule has 0 saturated carbocycles. The summed E-state index contributed by atoms with van der Waals surface area (Å²) in [6, 6.07) is 0. The average molecular weight is 485 g/mol. The summed E-state index contributed by atoms with van der Waals surface area (Å²) in [4.78, 5) is 0. The maximum absolute atomic E-state index is 4.91. The molecule has 0 unspecified atom stereocenters. The minimum atomic E-state index is -0.936. The third-order valence-electron chi connectivity index (χ3n) is 6.43. The smallest absolute Gasteiger partial charge is 0.0733 e. The van der Waals surface area contributed by atoms with Crippen molar-refractivity contribution in [1.82, 2.24) is 30.6 Å². The molecule has 3 heterocycles. The summed E-state index contributed by atoms with van der Waals surface area (Å²) < 4.78 is 0. The van der Waals surface area contributed by atoms with Crippen LogP contribution >= 0.6 is 7.92 Å². The van der Waals surface area contributed by atoms with Crippen molar-refractivity contribution in [3.63, 3.8) is 0 Å². The van der Waals surface area contributed by atoms with Gasteiger partial charge in [-0.25, -0.2) is 0 Å². The molecule has 188 valence electrons. The van der Waals surface area contributed by atoms with Crippen molar-refractivity contribution in [3.05, 3.63) is 34.2 Å². The summed E-state index contributed by atoms with van der Waals surface area (Å²) in [6.07, 6.45) is 0. The van der Waals surface area contributed by atoms with Crippen LogP contribution in [0.2, 0.25) is 0 Å². The predicted molar refractivity (Wildman–Crippen MR) is 146 cm³/mol. The van der Waals surface area contributed by atoms with Gasteiger partial charge in [-0.1, -0.05) is 83.1 Å². The van der Waals surface area contributed by atoms with Gasteiger partial charge in [0, 0.05) is 33.0 Å². The van der Waals surface area contributed by atoms with E-state index in [4.69, 9.17) is 15.3 Å². The Balaban J connectivity index is 2.55. The van der Waals surface area contributed by atoms with Gasteiger partial charge in [-0.15, -0.1) is 0 Å². The van der Waals surface area contributed by atoms with Crippen LogP contribution in [0.5, 0.6) is 0 Å². The van der Waals surface area contributed by atoms with Gasteiger partial charge in [0.25, 0.3) is 0 Å². The molecule has 0 spiro atoms. The molecule has 0 saturated heterocycles. The van der Waals surface area contributed by atoms with E-state index in [1.807, 2.05) is 0 Å². The van der Waals surface area contributed by atoms with E-state index >= 15 is 0 Å². The normalized spacial score (nSPS) is 12.8. The highest BCUT2D eigenvalue weighted by molar-refractivity contribution is 7.80. The minimum Gasteiger partial charge on any atom is -0.281 e. The first-order chi connectivity index (χ1) is 15.9. The summed E-state index contributed by atoms with van der Waals surface area (Å²) in [7, 11) is -0.936. The highest BCUT2D eigenvalue weighted by atomic mass is 31.1. The van der Waals surface area contributed by atoms with Crippen molar-refractivity contribution < 1.29 is 0 Å². The largest absolute Gasteiger partial charge is 0.281 e. The van der Waals surface area contributed by atoms with Gasteiger partial charge in [0.05, 0.1) is 17.1 Å². The molecule has 0 atom stereocenters. The van der Waals surface area contributed by atoms with Crippen molar-refractivity contribution in [3.8, 4) is 0 Å². The fourth-order valence-electron chi connectivity index (χ4n) is 4.55. The maximum atomic E-state index is 4.91. The third-order valence-corrected chi connectivity index (χ3v) is 9.18. The van der Waals surface area contributed by atoms with Crippen molar-refractivity contribution in [2.24, 2.45) is 0 Å². The van der Waals surface area contributed by atoms with Crippen LogP contribution in [0.4, 0.5) is 0 Å². The lowest BCUT2D eigenvalue weighted by Gasteiger charge is -2.27. The van der Waals surface area contributed by atoms with Gasteiger partial charge in [0.15, 0.2) is 0 Å². The number of aromatic nitrogens is 6. The minimum absolute atomic E-state index is 0.317. The van der Waals surface area contributed by atoms with E-state index in [0.29, 0.717) is 35.5 Å². The first kappa shape index (κ1) is 26.7. The van der Waals surface area contributed by atoms with E-state index in [0.717, 1.165) is 0 Å². The average Bonchev–Trinajstić information content (AvgIpc) is 3.45. The summed E-state index contributed by atoms with van der Waals surface area (Å²) in [5, 5.41) is 29.2. The Hall–Kier alpha value is -1.94. The number of hydrogen-bond acceptors (Lipinski definition) is 3. The second-order valence-corrected chi connectivity index (χ2v) is 13.4. The Bertz CT molecular complexity index is 882. The Morgan fingerprint density at radius 1 is 0.412 bits per heavy atom. The van der Waals surface area contributed by atoms with Gasteiger partial charge in [-0.2, -0.15) is 15.3 Å². The molecule has 34 heavy (non-hydrogen) atoms. The van der Waals surface area contributed by atoms with E-state index < -0.39 is 7.92 Å². The third kappa shape index (κ3) is 4.76. The molecule has 3 aromatic rings. The molecule has 3 rings (SSSR count). The number of H-pyrrole nitrogens is 3. The van der Waals surface area contributed by atoms with Crippen molar-refractivity contribution >= 4 is 23.8 Å². The van der Waals surface area contributed by atoms with Crippen molar-refractivity contribution in [2.75, 3.05) is 0 Å². The number of rotatable bonds is 9. The van der Waals surface area contributed by atoms with Crippen LogP contribution in [-0.2, 0) is 0 Å². The molecule has 0 amide bonds. The molecule has 0 fully saturated rings. The molecule has 6 nitrogen and oxygen atoms in total. The van der Waals surface area contributed by atoms with E-state index in [2.05, 4.69) is 98.4 Å². The number of hydrogen-bond donors (Lipinski definition) is 3. The summed E-state index contributed by atoms with van der Waals surface area (Å²) in [6.45, 7) is 27.1. The lowest BCUT2D eigenvalue weighted by atomic mass is 10.1. The standard InChI is InChI=1S/C27H45N6P/c1-13(2)19-25(20(14(3)4)29-28-19)34(26-21(15(5)6)30-31-22(26)16(7)8)27-23(17(9)10)32-33-24(27)18(11)12/h13-18H,1-12H3,(H,28,29)(H,30,31)(H,32,33). The predicted octanol–water partition coefficient (Wildman–Crippen LogP) is 6.35. The lowest BCUT2D eigenvalue weighted by molar-refractivity contribution is 0.791. The topological polar surface area (TPSA) is 86.0 Å². The van der Waals surface area contributed by atoms with Gasteiger partial charge in [-0.3, -0.25) is 15.3 Å². The van der Waals surface area contributed by atoms with Crippen LogP contribution in [0.3, 0.4) is 0 Å². The molecule has 3 aromatic heterocycles. The summed E-state index contributed by atoms with van der Waals surface area (Å²) in [5.74, 6) is 1.98. The van der Waals surface area contributed by atoms with Crippen LogP contribution in [-0.4, -0.2) is 30.6 Å². The van der Waals surface area contributed by atoms with Crippen molar-refractivity contribution in [2.45, 2.75) is 119 Å². The molecule has 0 radical (unpaired) electrons. The second-order valence-electron chi connectivity index (χ2n) is 11.4. The zero-order chi connectivity index (χ0) is 25.5. The monoisotopic (exact) mass is 484 g/mol. The van der Waals surface area contributed by atoms with Gasteiger partial charge < -0.3 is 0 Å². The molecular weight excluding hydrogens is 439 g/mol. The summed E-state index contributed by atoms with van der Waals surface area (Å²) >= 11 is 0. The van der Waals surface area contributed by atoms with Gasteiger partial charge in [-0.05, 0) is 43.4 Å². The Morgan fingerprint density at radius 3 is 0.824 bits per heavy atom. The van der Waals surface area contributed by atoms with Crippen molar-refractivity contribution in [1.29, 1.82) is 0 Å². The molecule has 0 aliphatic rings. The Labute approximate surface area is 207 Å². The fourth-order valence-corrected chi connectivity index (χ4v) is 8.48. The highest BCUT2D eigenvalue weighted by Gasteiger charge is 2.38. The second kappa shape index (κ2) is 10.4. The first-order valence-electron chi connectivity index (χ1n) is 12.9. The van der Waals surface area contributed by atoms with E-state index in [1.165, 1.54) is 50.1 Å². The van der Waals surface area contributed by atoms with Gasteiger partial charge >= 0.3 is 0 Å². The Kier molecular flexibility index (Phi) is 8.12. The molecule has 0 bridgehead atoms. The van der Waals surface area contributed by atoms with E-state index in [1.54, 1.807) is 0 Å². The highest BCUT2D eigenvalue weighted by Crippen LogP contribution is 2.45. The quantitative estimate of drug-likeness (QED) is 0.309. The van der Waals surface area contributed by atoms with Crippen LogP contribution in [0.15, 0.2) is 0 Å². The first-order valence-corrected chi connectivity index (χ1v) is 14.3. The number of aromatic amines is 3. The molecular formula is C27H45N6P. The van der Waals surface area contributed by atoms with Crippen LogP contribution in [0.1, 0.15) is 153 Å². The summed E-state index contributed by atoms with van der Waals surface area (Å²) in [5.41, 5.74) is 7.24. The molecule has 0 aromatic carbocycles. The fraction of sp³-hybridized carbons (Fsp3) is 0.667. The zero-order valence-electron chi connectivity index (χ0n) is 23.3. The van der Waals surface area contributed by atoms with Crippen LogP contribution < -0.4 is 15.9 Å². The zero-order valence-corrected chi connectivity index (χ0v) is 24.1. The number of nitrogens with one attached hydrogen (secondary N) is 3. The van der Waals surface area contributed by atoms with Crippen LogP contribution in [0.25, 0.3) is 0 Å². The SMILES string of the molecule is CC(C)c1n[nH]c(C(C)C)c1P(c1c(C(C)C)n[nH]c1C(C)C)c1c(C(C)C)n[nH]c1C(C)C. The molecule has 3 N–H and O–H groups in total. The molecule has 7 heteroatoms. The van der Waals surface area contributed by atoms with Gasteiger partial charge in [0.1, 0.15) is 0 Å². The number of nitrogens with zero attached hydrogens (tertiary/aromatic N) is 3. The Morgan fingerprint density at radius 2 is 0.647 bits per heavy atom. The van der Waals surface area contributed by atoms with Crippen LogP contribution in [0, 0.1) is 0 Å². The van der Waals surface area contributed by atoms with E-state index in [9.17, 15) is 0 Å². The maximum Gasteiger partial charge on any atom is 0.0733 e. The molecule has 0 aliphatic carbocycles. The van der Waals surface area contributed by atoms with Gasteiger partial charge in [0.2, 0.25) is 0 Å². The lowest BCUT2D eigenvalue weighted by Crippen LogP contribution is -2.32. The molecule has 0 aliphatic heterocycles. The van der Waals surface area contributed by atoms with E-state index in [-0.39, 0.29) is 0 Å².